The first kappa shape index (κ1) is 14.6. The van der Waals surface area contributed by atoms with Gasteiger partial charge in [-0.25, -0.2) is 4.98 Å². The molecule has 6 nitrogen and oxygen atoms in total. The minimum atomic E-state index is 0.665. The Labute approximate surface area is 140 Å². The fourth-order valence-electron chi connectivity index (χ4n) is 3.10. The number of benzene rings is 1. The first-order valence-electron chi connectivity index (χ1n) is 7.89. The molecule has 3 N–H and O–H groups in total. The third-order valence-corrected chi connectivity index (χ3v) is 4.23. The lowest BCUT2D eigenvalue weighted by Gasteiger charge is -2.11. The molecule has 1 aromatic carbocycles. The van der Waals surface area contributed by atoms with Crippen LogP contribution < -0.4 is 15.8 Å². The van der Waals surface area contributed by atoms with Crippen LogP contribution in [0, 0.1) is 6.92 Å². The Morgan fingerprint density at radius 2 is 2.08 bits per heavy atom. The quantitative estimate of drug-likeness (QED) is 0.725. The molecule has 0 bridgehead atoms. The Balaban J connectivity index is 1.94. The predicted octanol–water partition coefficient (Wildman–Crippen LogP) is 2.94. The van der Waals surface area contributed by atoms with Crippen LogP contribution in [0.1, 0.15) is 5.69 Å². The molecule has 0 amide bonds. The smallest absolute Gasteiger partial charge is 0.204 e. The Bertz CT molecular complexity index is 916. The lowest BCUT2D eigenvalue weighted by Crippen LogP contribution is -2.01. The predicted molar refractivity (Wildman–Crippen MR) is 95.1 cm³/mol. The Hall–Kier alpha value is -3.02. The number of pyridine rings is 1. The molecule has 1 aliphatic heterocycles. The van der Waals surface area contributed by atoms with Crippen molar-refractivity contribution in [1.29, 1.82) is 0 Å². The second-order valence-corrected chi connectivity index (χ2v) is 5.83. The van der Waals surface area contributed by atoms with Crippen molar-refractivity contribution >= 4 is 11.6 Å². The molecule has 6 heteroatoms. The molecule has 0 saturated carbocycles. The Morgan fingerprint density at radius 1 is 1.21 bits per heavy atom. The second-order valence-electron chi connectivity index (χ2n) is 5.83. The summed E-state index contributed by atoms with van der Waals surface area (Å²) in [6, 6.07) is 11.7. The SMILES string of the molecule is COc1ccc(-c2c(-c3cccc(C)n3)nc3n2CCN3)c(N)c1. The van der Waals surface area contributed by atoms with Crippen LogP contribution in [0.15, 0.2) is 36.4 Å². The van der Waals surface area contributed by atoms with E-state index in [-0.39, 0.29) is 0 Å². The fraction of sp³-hybridized carbons (Fsp3) is 0.222. The molecule has 4 rings (SSSR count). The summed E-state index contributed by atoms with van der Waals surface area (Å²) < 4.78 is 7.43. The topological polar surface area (TPSA) is 78.0 Å². The highest BCUT2D eigenvalue weighted by Crippen LogP contribution is 2.39. The minimum Gasteiger partial charge on any atom is -0.497 e. The molecule has 122 valence electrons. The number of methoxy groups -OCH3 is 1. The zero-order valence-corrected chi connectivity index (χ0v) is 13.7. The van der Waals surface area contributed by atoms with Crippen LogP contribution in [0.25, 0.3) is 22.6 Å². The highest BCUT2D eigenvalue weighted by molar-refractivity contribution is 5.86. The third-order valence-electron chi connectivity index (χ3n) is 4.23. The maximum Gasteiger partial charge on any atom is 0.204 e. The highest BCUT2D eigenvalue weighted by Gasteiger charge is 2.25. The number of hydrogen-bond donors (Lipinski definition) is 2. The number of hydrogen-bond acceptors (Lipinski definition) is 5. The largest absolute Gasteiger partial charge is 0.497 e. The van der Waals surface area contributed by atoms with Crippen molar-refractivity contribution in [2.24, 2.45) is 0 Å². The van der Waals surface area contributed by atoms with Crippen molar-refractivity contribution < 1.29 is 4.74 Å². The van der Waals surface area contributed by atoms with Gasteiger partial charge in [0.15, 0.2) is 0 Å². The normalized spacial score (nSPS) is 12.8. The van der Waals surface area contributed by atoms with Crippen molar-refractivity contribution in [3.63, 3.8) is 0 Å². The maximum atomic E-state index is 6.30. The van der Waals surface area contributed by atoms with E-state index in [1.165, 1.54) is 0 Å². The molecule has 0 spiro atoms. The summed E-state index contributed by atoms with van der Waals surface area (Å²) in [7, 11) is 1.64. The van der Waals surface area contributed by atoms with Crippen molar-refractivity contribution in [2.45, 2.75) is 13.5 Å². The van der Waals surface area contributed by atoms with Gasteiger partial charge in [0.25, 0.3) is 0 Å². The number of rotatable bonds is 3. The number of aromatic nitrogens is 3. The van der Waals surface area contributed by atoms with E-state index < -0.39 is 0 Å². The molecule has 3 heterocycles. The molecule has 0 unspecified atom stereocenters. The monoisotopic (exact) mass is 321 g/mol. The standard InChI is InChI=1S/C18H19N5O/c1-11-4-3-5-15(21-11)16-17(23-9-8-20-18(23)22-16)13-7-6-12(24-2)10-14(13)19/h3-7,10H,8-9,19H2,1-2H3,(H,20,22). The molecule has 2 aromatic heterocycles. The molecule has 3 aromatic rings. The van der Waals surface area contributed by atoms with Crippen LogP contribution in [0.5, 0.6) is 5.75 Å². The summed E-state index contributed by atoms with van der Waals surface area (Å²) in [4.78, 5) is 9.40. The molecule has 0 atom stereocenters. The average Bonchev–Trinajstić information content (AvgIpc) is 3.16. The van der Waals surface area contributed by atoms with Gasteiger partial charge in [-0.2, -0.15) is 0 Å². The molecule has 1 aliphatic rings. The highest BCUT2D eigenvalue weighted by atomic mass is 16.5. The number of nitrogens with two attached hydrogens (primary N) is 1. The second kappa shape index (κ2) is 5.56. The molecule has 0 fully saturated rings. The maximum absolute atomic E-state index is 6.30. The summed E-state index contributed by atoms with van der Waals surface area (Å²) in [5.74, 6) is 1.60. The van der Waals surface area contributed by atoms with E-state index in [1.807, 2.05) is 43.3 Å². The molecular formula is C18H19N5O. The Kier molecular flexibility index (Phi) is 3.37. The number of imidazole rings is 1. The molecule has 0 saturated heterocycles. The van der Waals surface area contributed by atoms with E-state index >= 15 is 0 Å². The van der Waals surface area contributed by atoms with Crippen LogP contribution in [0.4, 0.5) is 11.6 Å². The van der Waals surface area contributed by atoms with E-state index in [2.05, 4.69) is 14.9 Å². The van der Waals surface area contributed by atoms with Gasteiger partial charge in [-0.15, -0.1) is 0 Å². The first-order valence-corrected chi connectivity index (χ1v) is 7.89. The number of fused-ring (bicyclic) bond motifs is 1. The van der Waals surface area contributed by atoms with Crippen LogP contribution >= 0.6 is 0 Å². The van der Waals surface area contributed by atoms with Gasteiger partial charge in [0, 0.05) is 36.1 Å². The molecule has 0 aliphatic carbocycles. The zero-order valence-electron chi connectivity index (χ0n) is 13.7. The number of nitrogens with zero attached hydrogens (tertiary/aromatic N) is 3. The van der Waals surface area contributed by atoms with Gasteiger partial charge in [0.2, 0.25) is 5.95 Å². The van der Waals surface area contributed by atoms with Gasteiger partial charge in [-0.05, 0) is 31.2 Å². The summed E-state index contributed by atoms with van der Waals surface area (Å²) >= 11 is 0. The zero-order chi connectivity index (χ0) is 16.7. The van der Waals surface area contributed by atoms with Crippen LogP contribution in [-0.4, -0.2) is 28.2 Å². The fourth-order valence-corrected chi connectivity index (χ4v) is 3.10. The summed E-state index contributed by atoms with van der Waals surface area (Å²) in [6.45, 7) is 3.70. The van der Waals surface area contributed by atoms with E-state index in [4.69, 9.17) is 15.5 Å². The molecular weight excluding hydrogens is 302 g/mol. The number of nitrogen functional groups attached to an aromatic ring is 1. The van der Waals surface area contributed by atoms with E-state index in [9.17, 15) is 0 Å². The van der Waals surface area contributed by atoms with Gasteiger partial charge in [0.1, 0.15) is 11.4 Å². The van der Waals surface area contributed by atoms with Crippen LogP contribution in [0.2, 0.25) is 0 Å². The first-order chi connectivity index (χ1) is 11.7. The number of aryl methyl sites for hydroxylation is 1. The van der Waals surface area contributed by atoms with Gasteiger partial charge < -0.3 is 20.4 Å². The Morgan fingerprint density at radius 3 is 2.83 bits per heavy atom. The lowest BCUT2D eigenvalue weighted by atomic mass is 10.1. The van der Waals surface area contributed by atoms with Gasteiger partial charge in [0.05, 0.1) is 18.5 Å². The summed E-state index contributed by atoms with van der Waals surface area (Å²) in [5.41, 5.74) is 11.6. The van der Waals surface area contributed by atoms with Crippen LogP contribution in [-0.2, 0) is 6.54 Å². The third kappa shape index (κ3) is 2.27. The van der Waals surface area contributed by atoms with Crippen molar-refractivity contribution in [2.75, 3.05) is 24.7 Å². The average molecular weight is 321 g/mol. The van der Waals surface area contributed by atoms with Gasteiger partial charge >= 0.3 is 0 Å². The van der Waals surface area contributed by atoms with Crippen LogP contribution in [0.3, 0.4) is 0 Å². The summed E-state index contributed by atoms with van der Waals surface area (Å²) in [6.07, 6.45) is 0. The van der Waals surface area contributed by atoms with Gasteiger partial charge in [-0.1, -0.05) is 6.07 Å². The minimum absolute atomic E-state index is 0.665. The van der Waals surface area contributed by atoms with Crippen molar-refractivity contribution in [1.82, 2.24) is 14.5 Å². The van der Waals surface area contributed by atoms with E-state index in [0.29, 0.717) is 5.69 Å². The number of ether oxygens (including phenoxy) is 1. The van der Waals surface area contributed by atoms with Crippen molar-refractivity contribution in [3.8, 4) is 28.4 Å². The summed E-state index contributed by atoms with van der Waals surface area (Å²) in [5, 5.41) is 3.32. The molecule has 0 radical (unpaired) electrons. The van der Waals surface area contributed by atoms with E-state index in [1.54, 1.807) is 7.11 Å². The lowest BCUT2D eigenvalue weighted by molar-refractivity contribution is 0.415. The molecule has 24 heavy (non-hydrogen) atoms. The number of nitrogens with one attached hydrogen (secondary N) is 1. The van der Waals surface area contributed by atoms with Gasteiger partial charge in [-0.3, -0.25) is 4.98 Å². The van der Waals surface area contributed by atoms with E-state index in [0.717, 1.165) is 53.1 Å². The van der Waals surface area contributed by atoms with Crippen molar-refractivity contribution in [3.05, 3.63) is 42.1 Å². The number of anilines is 2.